The molecule has 0 bridgehead atoms. The molecular weight excluding hydrogens is 258 g/mol. The first-order valence-electron chi connectivity index (χ1n) is 4.93. The first-order valence-corrected chi connectivity index (χ1v) is 6.54. The molecule has 1 heterocycles. The molecule has 14 heavy (non-hydrogen) atoms. The topological polar surface area (TPSA) is 12.0 Å². The number of rotatable bonds is 6. The van der Waals surface area contributed by atoms with Gasteiger partial charge in [-0.2, -0.15) is 0 Å². The SMILES string of the molecule is CCNCCC=CCc1ccc(Br)s1. The van der Waals surface area contributed by atoms with Crippen molar-refractivity contribution in [1.29, 1.82) is 0 Å². The summed E-state index contributed by atoms with van der Waals surface area (Å²) in [6.07, 6.45) is 6.68. The van der Waals surface area contributed by atoms with Gasteiger partial charge in [0, 0.05) is 4.88 Å². The van der Waals surface area contributed by atoms with E-state index < -0.39 is 0 Å². The van der Waals surface area contributed by atoms with Gasteiger partial charge in [0.1, 0.15) is 0 Å². The smallest absolute Gasteiger partial charge is 0.0701 e. The highest BCUT2D eigenvalue weighted by molar-refractivity contribution is 9.11. The molecule has 1 rings (SSSR count). The molecule has 0 spiro atoms. The van der Waals surface area contributed by atoms with Gasteiger partial charge in [-0.25, -0.2) is 0 Å². The lowest BCUT2D eigenvalue weighted by atomic mass is 10.3. The number of nitrogens with one attached hydrogen (secondary N) is 1. The van der Waals surface area contributed by atoms with Crippen LogP contribution in [0, 0.1) is 0 Å². The second-order valence-corrected chi connectivity index (χ2v) is 5.57. The van der Waals surface area contributed by atoms with Crippen LogP contribution in [-0.2, 0) is 6.42 Å². The molecule has 0 aromatic carbocycles. The Hall–Kier alpha value is -0.120. The molecule has 0 unspecified atom stereocenters. The Labute approximate surface area is 98.4 Å². The largest absolute Gasteiger partial charge is 0.317 e. The van der Waals surface area contributed by atoms with Gasteiger partial charge in [-0.15, -0.1) is 11.3 Å². The molecule has 1 aromatic rings. The molecule has 0 radical (unpaired) electrons. The van der Waals surface area contributed by atoms with Crippen LogP contribution >= 0.6 is 27.3 Å². The molecular formula is C11H16BrNS. The van der Waals surface area contributed by atoms with Gasteiger partial charge in [0.05, 0.1) is 3.79 Å². The predicted molar refractivity (Wildman–Crippen MR) is 68.0 cm³/mol. The minimum atomic E-state index is 1.06. The van der Waals surface area contributed by atoms with Gasteiger partial charge in [-0.05, 0) is 54.0 Å². The molecule has 0 aliphatic carbocycles. The van der Waals surface area contributed by atoms with E-state index in [1.54, 1.807) is 11.3 Å². The Bertz CT molecular complexity index is 281. The van der Waals surface area contributed by atoms with Crippen molar-refractivity contribution in [2.45, 2.75) is 19.8 Å². The Morgan fingerprint density at radius 1 is 1.43 bits per heavy atom. The molecule has 1 nitrogen and oxygen atoms in total. The van der Waals surface area contributed by atoms with Crippen molar-refractivity contribution in [3.8, 4) is 0 Å². The van der Waals surface area contributed by atoms with Crippen molar-refractivity contribution in [1.82, 2.24) is 5.32 Å². The highest BCUT2D eigenvalue weighted by Crippen LogP contribution is 2.22. The molecule has 0 saturated carbocycles. The van der Waals surface area contributed by atoms with Crippen LogP contribution in [-0.4, -0.2) is 13.1 Å². The fraction of sp³-hybridized carbons (Fsp3) is 0.455. The minimum absolute atomic E-state index is 1.06. The maximum absolute atomic E-state index is 3.46. The Morgan fingerprint density at radius 2 is 2.29 bits per heavy atom. The van der Waals surface area contributed by atoms with E-state index in [4.69, 9.17) is 0 Å². The van der Waals surface area contributed by atoms with Crippen LogP contribution in [0.25, 0.3) is 0 Å². The van der Waals surface area contributed by atoms with E-state index >= 15 is 0 Å². The zero-order valence-electron chi connectivity index (χ0n) is 8.42. The van der Waals surface area contributed by atoms with E-state index in [0.717, 1.165) is 25.9 Å². The lowest BCUT2D eigenvalue weighted by Gasteiger charge is -1.95. The van der Waals surface area contributed by atoms with Crippen LogP contribution in [0.2, 0.25) is 0 Å². The van der Waals surface area contributed by atoms with Crippen LogP contribution in [0.15, 0.2) is 28.1 Å². The maximum Gasteiger partial charge on any atom is 0.0701 e. The monoisotopic (exact) mass is 273 g/mol. The van der Waals surface area contributed by atoms with E-state index in [2.05, 4.69) is 52.5 Å². The number of hydrogen-bond acceptors (Lipinski definition) is 2. The number of halogens is 1. The summed E-state index contributed by atoms with van der Waals surface area (Å²) in [5.41, 5.74) is 0. The summed E-state index contributed by atoms with van der Waals surface area (Å²) >= 11 is 5.27. The van der Waals surface area contributed by atoms with Gasteiger partial charge in [-0.1, -0.05) is 19.1 Å². The van der Waals surface area contributed by atoms with E-state index in [0.29, 0.717) is 0 Å². The zero-order valence-corrected chi connectivity index (χ0v) is 10.8. The first-order chi connectivity index (χ1) is 6.83. The first kappa shape index (κ1) is 12.0. The van der Waals surface area contributed by atoms with Crippen molar-refractivity contribution in [2.24, 2.45) is 0 Å². The van der Waals surface area contributed by atoms with E-state index in [1.807, 2.05) is 0 Å². The van der Waals surface area contributed by atoms with Gasteiger partial charge in [0.2, 0.25) is 0 Å². The quantitative estimate of drug-likeness (QED) is 0.617. The zero-order chi connectivity index (χ0) is 10.2. The maximum atomic E-state index is 3.46. The van der Waals surface area contributed by atoms with Crippen LogP contribution in [0.1, 0.15) is 18.2 Å². The fourth-order valence-corrected chi connectivity index (χ4v) is 2.60. The summed E-state index contributed by atoms with van der Waals surface area (Å²) in [5, 5.41) is 3.29. The molecule has 0 fully saturated rings. The minimum Gasteiger partial charge on any atom is -0.317 e. The lowest BCUT2D eigenvalue weighted by Crippen LogP contribution is -2.12. The van der Waals surface area contributed by atoms with Crippen LogP contribution in [0.5, 0.6) is 0 Å². The van der Waals surface area contributed by atoms with E-state index in [9.17, 15) is 0 Å². The van der Waals surface area contributed by atoms with Gasteiger partial charge in [0.25, 0.3) is 0 Å². The Morgan fingerprint density at radius 3 is 2.93 bits per heavy atom. The summed E-state index contributed by atoms with van der Waals surface area (Å²) in [7, 11) is 0. The second kappa shape index (κ2) is 7.21. The molecule has 78 valence electrons. The van der Waals surface area contributed by atoms with Crippen molar-refractivity contribution < 1.29 is 0 Å². The highest BCUT2D eigenvalue weighted by atomic mass is 79.9. The third-order valence-corrected chi connectivity index (χ3v) is 3.50. The van der Waals surface area contributed by atoms with Crippen LogP contribution in [0.3, 0.4) is 0 Å². The number of hydrogen-bond donors (Lipinski definition) is 1. The average molecular weight is 274 g/mol. The third kappa shape index (κ3) is 4.94. The Balaban J connectivity index is 2.14. The molecule has 3 heteroatoms. The molecule has 0 aliphatic heterocycles. The van der Waals surface area contributed by atoms with Crippen molar-refractivity contribution >= 4 is 27.3 Å². The summed E-state index contributed by atoms with van der Waals surface area (Å²) in [6, 6.07) is 4.27. The average Bonchev–Trinajstić information content (AvgIpc) is 2.58. The summed E-state index contributed by atoms with van der Waals surface area (Å²) in [6.45, 7) is 4.28. The van der Waals surface area contributed by atoms with Crippen molar-refractivity contribution in [2.75, 3.05) is 13.1 Å². The standard InChI is InChI=1S/C11H16BrNS/c1-2-13-9-5-3-4-6-10-7-8-11(12)14-10/h3-4,7-8,13H,2,5-6,9H2,1H3. The van der Waals surface area contributed by atoms with Gasteiger partial charge < -0.3 is 5.32 Å². The summed E-state index contributed by atoms with van der Waals surface area (Å²) < 4.78 is 1.22. The summed E-state index contributed by atoms with van der Waals surface area (Å²) in [4.78, 5) is 1.41. The fourth-order valence-electron chi connectivity index (χ4n) is 1.14. The predicted octanol–water partition coefficient (Wildman–Crippen LogP) is 3.61. The van der Waals surface area contributed by atoms with E-state index in [-0.39, 0.29) is 0 Å². The van der Waals surface area contributed by atoms with Crippen LogP contribution < -0.4 is 5.32 Å². The molecule has 0 atom stereocenters. The molecule has 0 saturated heterocycles. The number of thiophene rings is 1. The normalized spacial score (nSPS) is 11.3. The van der Waals surface area contributed by atoms with E-state index in [1.165, 1.54) is 8.66 Å². The lowest BCUT2D eigenvalue weighted by molar-refractivity contribution is 0.726. The van der Waals surface area contributed by atoms with Gasteiger partial charge >= 0.3 is 0 Å². The van der Waals surface area contributed by atoms with Crippen molar-refractivity contribution in [3.63, 3.8) is 0 Å². The number of allylic oxidation sites excluding steroid dienone is 1. The van der Waals surface area contributed by atoms with Gasteiger partial charge in [0.15, 0.2) is 0 Å². The summed E-state index contributed by atoms with van der Waals surface area (Å²) in [5.74, 6) is 0. The molecule has 0 aliphatic rings. The van der Waals surface area contributed by atoms with Gasteiger partial charge in [-0.3, -0.25) is 0 Å². The highest BCUT2D eigenvalue weighted by Gasteiger charge is 1.93. The Kier molecular flexibility index (Phi) is 6.15. The molecule has 1 N–H and O–H groups in total. The molecule has 0 amide bonds. The second-order valence-electron chi connectivity index (χ2n) is 3.02. The third-order valence-electron chi connectivity index (χ3n) is 1.85. The van der Waals surface area contributed by atoms with Crippen LogP contribution in [0.4, 0.5) is 0 Å². The molecule has 1 aromatic heterocycles. The van der Waals surface area contributed by atoms with Crippen molar-refractivity contribution in [3.05, 3.63) is 32.9 Å².